The summed E-state index contributed by atoms with van der Waals surface area (Å²) in [5.41, 5.74) is 23.6. The summed E-state index contributed by atoms with van der Waals surface area (Å²) in [5.74, 6) is 0.567. The van der Waals surface area contributed by atoms with Gasteiger partial charge in [0.25, 0.3) is 5.82 Å². The predicted octanol–water partition coefficient (Wildman–Crippen LogP) is 10.0. The maximum Gasteiger partial charge on any atom is 0.416 e. The van der Waals surface area contributed by atoms with Gasteiger partial charge in [-0.15, -0.1) is 4.98 Å². The van der Waals surface area contributed by atoms with Crippen LogP contribution in [0.25, 0.3) is 27.3 Å². The van der Waals surface area contributed by atoms with Crippen molar-refractivity contribution in [2.75, 3.05) is 87.7 Å². The van der Waals surface area contributed by atoms with E-state index in [0.29, 0.717) is 29.6 Å². The second-order valence-corrected chi connectivity index (χ2v) is 17.8. The van der Waals surface area contributed by atoms with Crippen molar-refractivity contribution in [1.82, 2.24) is 29.7 Å². The summed E-state index contributed by atoms with van der Waals surface area (Å²) < 4.78 is 75.3. The number of benzene rings is 4. The summed E-state index contributed by atoms with van der Waals surface area (Å²) in [6.07, 6.45) is -5.44. The predicted molar refractivity (Wildman–Crippen MR) is 267 cm³/mol. The van der Waals surface area contributed by atoms with Crippen LogP contribution in [0.5, 0.6) is 0 Å². The molecular weight excluding hydrogens is 921 g/mol. The Morgan fingerprint density at radius 2 is 1.14 bits per heavy atom. The molecule has 364 valence electrons. The standard InChI is InChI=1S/C27H24F3N5.C18H22N6.C7H3F3N2/c1-34-8-10-35(11-9-34)21-3-5-23-19(13-21)14-24(32-23)17-2-4-22-18(12-17)15-26(33-22)25-16-20(6-7-31-25)27(28,29)30;1-23-6-8-24(9-7-23)13-3-5-16-17(11-13)22-18(21-16)12-2-4-14(19)15(20)10-12;1-11-6-4-5(2-3-12-6)7(8,9)10/h2-7,12-13,16H,8-11,14-15H2,1H3;2-5,10-11H,6-9,19-20H2,1H3,(H,21,22);2-4H. The molecule has 71 heavy (non-hydrogen) atoms. The molecule has 0 amide bonds. The van der Waals surface area contributed by atoms with Gasteiger partial charge in [0.1, 0.15) is 12.0 Å². The molecule has 0 spiro atoms. The van der Waals surface area contributed by atoms with Crippen LogP contribution in [-0.4, -0.2) is 108 Å². The second-order valence-electron chi connectivity index (χ2n) is 17.8. The zero-order chi connectivity index (χ0) is 50.0. The SMILES string of the molecule is CN1CCN(c2ccc3c(c2)CC(c2ccc4c(c2)CC(c2cc(C(F)(F)F)ccn2)=N4)=N3)CC1.CN1CCN(c2ccc3nc(-c4ccc(N)c(N)c4)[nH]c3c2)CC1.[C-]#[N+]c1cc(C(F)(F)F)ccn1. The number of imidazole rings is 1. The number of nitrogens with two attached hydrogens (primary N) is 2. The van der Waals surface area contributed by atoms with Crippen molar-refractivity contribution in [1.29, 1.82) is 0 Å². The lowest BCUT2D eigenvalue weighted by Gasteiger charge is -2.34. The molecule has 4 aliphatic rings. The number of hydrogen-bond acceptors (Lipinski definition) is 11. The summed E-state index contributed by atoms with van der Waals surface area (Å²) in [6.45, 7) is 14.9. The Morgan fingerprint density at radius 3 is 1.79 bits per heavy atom. The van der Waals surface area contributed by atoms with Crippen molar-refractivity contribution >= 4 is 62.4 Å². The number of aliphatic imine (C=N–C) groups is 2. The number of hydrogen-bond donors (Lipinski definition) is 3. The van der Waals surface area contributed by atoms with Crippen LogP contribution in [0.2, 0.25) is 0 Å². The van der Waals surface area contributed by atoms with E-state index >= 15 is 0 Å². The molecule has 5 N–H and O–H groups in total. The third-order valence-electron chi connectivity index (χ3n) is 12.8. The van der Waals surface area contributed by atoms with Crippen LogP contribution in [0.3, 0.4) is 0 Å². The Hall–Kier alpha value is -7.82. The maximum atomic E-state index is 13.1. The fourth-order valence-electron chi connectivity index (χ4n) is 8.68. The van der Waals surface area contributed by atoms with Crippen LogP contribution < -0.4 is 21.3 Å². The number of aromatic nitrogens is 4. The minimum Gasteiger partial charge on any atom is -0.397 e. The van der Waals surface area contributed by atoms with Crippen molar-refractivity contribution in [3.8, 4) is 11.4 Å². The number of nitrogens with one attached hydrogen (secondary N) is 1. The van der Waals surface area contributed by atoms with Crippen molar-refractivity contribution in [3.05, 3.63) is 154 Å². The van der Waals surface area contributed by atoms with E-state index in [1.807, 2.05) is 30.3 Å². The summed E-state index contributed by atoms with van der Waals surface area (Å²) in [4.78, 5) is 37.4. The number of piperazine rings is 2. The average Bonchev–Trinajstić information content (AvgIpc) is 4.12. The number of fused-ring (bicyclic) bond motifs is 3. The van der Waals surface area contributed by atoms with E-state index in [-0.39, 0.29) is 11.5 Å². The lowest BCUT2D eigenvalue weighted by molar-refractivity contribution is -0.138. The highest BCUT2D eigenvalue weighted by Gasteiger charge is 2.32. The summed E-state index contributed by atoms with van der Waals surface area (Å²) in [6, 6.07) is 28.1. The summed E-state index contributed by atoms with van der Waals surface area (Å²) in [5, 5.41) is 0. The molecule has 0 bridgehead atoms. The normalized spacial score (nSPS) is 16.0. The van der Waals surface area contributed by atoms with Gasteiger partial charge in [0.05, 0.1) is 62.0 Å². The first-order valence-electron chi connectivity index (χ1n) is 22.9. The zero-order valence-electron chi connectivity index (χ0n) is 38.9. The number of anilines is 4. The number of halogens is 6. The lowest BCUT2D eigenvalue weighted by atomic mass is 9.99. The molecule has 4 aliphatic heterocycles. The summed E-state index contributed by atoms with van der Waals surface area (Å²) in [7, 11) is 4.32. The molecule has 0 atom stereocenters. The van der Waals surface area contributed by atoms with Gasteiger partial charge in [-0.1, -0.05) is 12.6 Å². The Kier molecular flexibility index (Phi) is 13.5. The van der Waals surface area contributed by atoms with Gasteiger partial charge in [-0.3, -0.25) is 15.0 Å². The first-order valence-corrected chi connectivity index (χ1v) is 22.9. The van der Waals surface area contributed by atoms with Gasteiger partial charge in [-0.2, -0.15) is 26.3 Å². The number of likely N-dealkylation sites (N-methyl/N-ethyl adjacent to an activating group) is 2. The fraction of sp³-hybridized carbons (Fsp3) is 0.269. The first-order chi connectivity index (χ1) is 34.0. The topological polar surface area (TPSA) is 149 Å². The van der Waals surface area contributed by atoms with E-state index in [4.69, 9.17) is 23.0 Å². The number of alkyl halides is 6. The van der Waals surface area contributed by atoms with Gasteiger partial charge in [0, 0.05) is 88.3 Å². The minimum absolute atomic E-state index is 0.246. The molecule has 2 fully saturated rings. The third-order valence-corrected chi connectivity index (χ3v) is 12.8. The smallest absolute Gasteiger partial charge is 0.397 e. The van der Waals surface area contributed by atoms with Gasteiger partial charge in [0.15, 0.2) is 0 Å². The highest BCUT2D eigenvalue weighted by Crippen LogP contribution is 2.37. The molecule has 7 heterocycles. The average molecular weight is 970 g/mol. The molecule has 3 aromatic heterocycles. The van der Waals surface area contributed by atoms with Crippen LogP contribution >= 0.6 is 0 Å². The summed E-state index contributed by atoms with van der Waals surface area (Å²) >= 11 is 0. The quantitative estimate of drug-likeness (QED) is 0.0871. The van der Waals surface area contributed by atoms with Crippen LogP contribution in [0.1, 0.15) is 33.5 Å². The molecule has 11 rings (SSSR count). The molecule has 4 aromatic carbocycles. The largest absolute Gasteiger partial charge is 0.416 e. The van der Waals surface area contributed by atoms with Crippen LogP contribution in [-0.2, 0) is 25.2 Å². The highest BCUT2D eigenvalue weighted by atomic mass is 19.4. The molecule has 0 saturated carbocycles. The van der Waals surface area contributed by atoms with Crippen LogP contribution in [0.4, 0.5) is 66.3 Å². The van der Waals surface area contributed by atoms with E-state index in [9.17, 15) is 26.3 Å². The minimum atomic E-state index is -4.41. The van der Waals surface area contributed by atoms with Crippen molar-refractivity contribution in [3.63, 3.8) is 0 Å². The van der Waals surface area contributed by atoms with Gasteiger partial charge >= 0.3 is 12.4 Å². The van der Waals surface area contributed by atoms with Crippen molar-refractivity contribution in [2.24, 2.45) is 9.98 Å². The molecule has 2 saturated heterocycles. The lowest BCUT2D eigenvalue weighted by Crippen LogP contribution is -2.44. The Labute approximate surface area is 406 Å². The number of pyridine rings is 2. The second kappa shape index (κ2) is 19.9. The van der Waals surface area contributed by atoms with Crippen LogP contribution in [0, 0.1) is 6.57 Å². The third kappa shape index (κ3) is 11.1. The number of H-pyrrole nitrogens is 1. The van der Waals surface area contributed by atoms with E-state index in [2.05, 4.69) is 106 Å². The van der Waals surface area contributed by atoms with Crippen molar-refractivity contribution in [2.45, 2.75) is 25.2 Å². The van der Waals surface area contributed by atoms with Crippen LogP contribution in [0.15, 0.2) is 119 Å². The first kappa shape index (κ1) is 48.2. The van der Waals surface area contributed by atoms with E-state index in [1.165, 1.54) is 23.1 Å². The molecule has 0 radical (unpaired) electrons. The van der Waals surface area contributed by atoms with E-state index in [0.717, 1.165) is 134 Å². The van der Waals surface area contributed by atoms with Gasteiger partial charge < -0.3 is 40.9 Å². The van der Waals surface area contributed by atoms with Gasteiger partial charge in [-0.25, -0.2) is 4.98 Å². The Bertz CT molecular complexity index is 3190. The molecule has 0 unspecified atom stereocenters. The Morgan fingerprint density at radius 1 is 0.577 bits per heavy atom. The fourth-order valence-corrected chi connectivity index (χ4v) is 8.68. The highest BCUT2D eigenvalue weighted by molar-refractivity contribution is 6.09. The molecule has 19 heteroatoms. The van der Waals surface area contributed by atoms with Gasteiger partial charge in [0.2, 0.25) is 0 Å². The molecule has 13 nitrogen and oxygen atoms in total. The van der Waals surface area contributed by atoms with E-state index < -0.39 is 23.5 Å². The zero-order valence-corrected chi connectivity index (χ0v) is 38.9. The monoisotopic (exact) mass is 969 g/mol. The van der Waals surface area contributed by atoms with Gasteiger partial charge in [-0.05, 0) is 122 Å². The number of aromatic amines is 1. The number of nitrogens with zero attached hydrogens (tertiary/aromatic N) is 10. The number of rotatable bonds is 5. The van der Waals surface area contributed by atoms with Crippen molar-refractivity contribution < 1.29 is 26.3 Å². The maximum absolute atomic E-state index is 13.1. The van der Waals surface area contributed by atoms with E-state index in [1.54, 1.807) is 0 Å². The molecular formula is C52H49F6N13. The Balaban J connectivity index is 0.000000149. The molecule has 0 aliphatic carbocycles. The molecule has 7 aromatic rings. The number of nitrogen functional groups attached to an aromatic ring is 2.